The first-order valence-corrected chi connectivity index (χ1v) is 8.32. The van der Waals surface area contributed by atoms with Crippen LogP contribution in [0.1, 0.15) is 24.9 Å². The SMILES string of the molecule is CC[C@@H](NS(=O)(=O)c1ccc(F)cc1)c1ccc(Cl)cc1. The molecule has 0 aliphatic heterocycles. The van der Waals surface area contributed by atoms with Crippen molar-refractivity contribution in [2.24, 2.45) is 0 Å². The van der Waals surface area contributed by atoms with Gasteiger partial charge in [-0.15, -0.1) is 0 Å². The summed E-state index contributed by atoms with van der Waals surface area (Å²) < 4.78 is 40.1. The summed E-state index contributed by atoms with van der Waals surface area (Å²) in [4.78, 5) is 0.0383. The topological polar surface area (TPSA) is 46.2 Å². The maximum atomic E-state index is 12.9. The maximum Gasteiger partial charge on any atom is 0.241 e. The van der Waals surface area contributed by atoms with Crippen molar-refractivity contribution in [3.05, 3.63) is 64.9 Å². The summed E-state index contributed by atoms with van der Waals surface area (Å²) in [6, 6.07) is 11.4. The summed E-state index contributed by atoms with van der Waals surface area (Å²) in [5.41, 5.74) is 0.826. The molecule has 0 aromatic heterocycles. The van der Waals surface area contributed by atoms with Gasteiger partial charge in [-0.05, 0) is 48.4 Å². The smallest absolute Gasteiger partial charge is 0.207 e. The zero-order chi connectivity index (χ0) is 15.5. The molecule has 0 aliphatic carbocycles. The molecule has 0 unspecified atom stereocenters. The molecular formula is C15H15ClFNO2S. The summed E-state index contributed by atoms with van der Waals surface area (Å²) in [5.74, 6) is -0.473. The molecule has 0 heterocycles. The summed E-state index contributed by atoms with van der Waals surface area (Å²) in [6.07, 6.45) is 0.585. The van der Waals surface area contributed by atoms with E-state index in [0.29, 0.717) is 11.4 Å². The van der Waals surface area contributed by atoms with Gasteiger partial charge >= 0.3 is 0 Å². The van der Waals surface area contributed by atoms with E-state index in [2.05, 4.69) is 4.72 Å². The Morgan fingerprint density at radius 2 is 1.67 bits per heavy atom. The summed E-state index contributed by atoms with van der Waals surface area (Å²) >= 11 is 5.83. The van der Waals surface area contributed by atoms with Gasteiger partial charge in [-0.3, -0.25) is 0 Å². The van der Waals surface area contributed by atoms with Crippen LogP contribution in [0.25, 0.3) is 0 Å². The zero-order valence-electron chi connectivity index (χ0n) is 11.4. The van der Waals surface area contributed by atoms with Crippen LogP contribution < -0.4 is 4.72 Å². The van der Waals surface area contributed by atoms with E-state index in [-0.39, 0.29) is 10.9 Å². The minimum atomic E-state index is -3.70. The van der Waals surface area contributed by atoms with E-state index < -0.39 is 15.8 Å². The Morgan fingerprint density at radius 1 is 1.10 bits per heavy atom. The Morgan fingerprint density at radius 3 is 2.19 bits per heavy atom. The molecule has 2 aromatic carbocycles. The molecule has 6 heteroatoms. The monoisotopic (exact) mass is 327 g/mol. The third kappa shape index (κ3) is 4.03. The molecule has 0 radical (unpaired) electrons. The molecule has 0 bridgehead atoms. The Hall–Kier alpha value is -1.43. The molecule has 0 saturated carbocycles. The van der Waals surface area contributed by atoms with Crippen LogP contribution in [0, 0.1) is 5.82 Å². The molecule has 3 nitrogen and oxygen atoms in total. The summed E-state index contributed by atoms with van der Waals surface area (Å²) in [6.45, 7) is 1.88. The van der Waals surface area contributed by atoms with Crippen LogP contribution in [0.3, 0.4) is 0 Å². The average Bonchev–Trinajstić information content (AvgIpc) is 2.46. The molecule has 21 heavy (non-hydrogen) atoms. The summed E-state index contributed by atoms with van der Waals surface area (Å²) in [7, 11) is -3.70. The fourth-order valence-electron chi connectivity index (χ4n) is 1.95. The van der Waals surface area contributed by atoms with Crippen molar-refractivity contribution in [3.8, 4) is 0 Å². The predicted molar refractivity (Wildman–Crippen MR) is 81.2 cm³/mol. The van der Waals surface area contributed by atoms with E-state index in [1.165, 1.54) is 12.1 Å². The Balaban J connectivity index is 2.24. The molecule has 0 aliphatic rings. The Bertz CT molecular complexity index is 699. The number of halogens is 2. The molecule has 2 aromatic rings. The van der Waals surface area contributed by atoms with Crippen molar-refractivity contribution in [3.63, 3.8) is 0 Å². The van der Waals surface area contributed by atoms with Crippen molar-refractivity contribution < 1.29 is 12.8 Å². The van der Waals surface area contributed by atoms with Gasteiger partial charge in [-0.1, -0.05) is 30.7 Å². The molecule has 112 valence electrons. The van der Waals surface area contributed by atoms with E-state index in [1.54, 1.807) is 24.3 Å². The lowest BCUT2D eigenvalue weighted by atomic mass is 10.1. The highest BCUT2D eigenvalue weighted by Crippen LogP contribution is 2.22. The lowest BCUT2D eigenvalue weighted by molar-refractivity contribution is 0.549. The normalized spacial score (nSPS) is 13.1. The van der Waals surface area contributed by atoms with Crippen LogP contribution in [0.15, 0.2) is 53.4 Å². The molecule has 1 N–H and O–H groups in total. The second-order valence-corrected chi connectivity index (χ2v) is 6.74. The molecular weight excluding hydrogens is 313 g/mol. The van der Waals surface area contributed by atoms with Gasteiger partial charge in [0, 0.05) is 11.1 Å². The number of sulfonamides is 1. The molecule has 0 spiro atoms. The van der Waals surface area contributed by atoms with Gasteiger partial charge in [0.05, 0.1) is 4.90 Å². The first-order valence-electron chi connectivity index (χ1n) is 6.45. The Kier molecular flexibility index (Phi) is 4.98. The fourth-order valence-corrected chi connectivity index (χ4v) is 3.39. The third-order valence-corrected chi connectivity index (χ3v) is 4.84. The van der Waals surface area contributed by atoms with Gasteiger partial charge in [-0.25, -0.2) is 17.5 Å². The first kappa shape index (κ1) is 15.9. The number of hydrogen-bond acceptors (Lipinski definition) is 2. The quantitative estimate of drug-likeness (QED) is 0.905. The maximum absolute atomic E-state index is 12.9. The molecule has 0 fully saturated rings. The van der Waals surface area contributed by atoms with Crippen LogP contribution in [0.4, 0.5) is 4.39 Å². The van der Waals surface area contributed by atoms with Crippen molar-refractivity contribution in [1.82, 2.24) is 4.72 Å². The van der Waals surface area contributed by atoms with Gasteiger partial charge in [0.25, 0.3) is 0 Å². The largest absolute Gasteiger partial charge is 0.241 e. The Labute approximate surface area is 128 Å². The van der Waals surface area contributed by atoms with Crippen molar-refractivity contribution in [1.29, 1.82) is 0 Å². The van der Waals surface area contributed by atoms with Crippen LogP contribution in [-0.2, 0) is 10.0 Å². The third-order valence-electron chi connectivity index (χ3n) is 3.10. The second-order valence-electron chi connectivity index (χ2n) is 4.59. The fraction of sp³-hybridized carbons (Fsp3) is 0.200. The van der Waals surface area contributed by atoms with Crippen LogP contribution in [-0.4, -0.2) is 8.42 Å². The zero-order valence-corrected chi connectivity index (χ0v) is 13.0. The van der Waals surface area contributed by atoms with Crippen molar-refractivity contribution >= 4 is 21.6 Å². The number of benzene rings is 2. The predicted octanol–water partition coefficient (Wildman–Crippen LogP) is 3.91. The second kappa shape index (κ2) is 6.56. The molecule has 1 atom stereocenters. The van der Waals surface area contributed by atoms with Crippen molar-refractivity contribution in [2.75, 3.05) is 0 Å². The highest BCUT2D eigenvalue weighted by atomic mass is 35.5. The molecule has 0 saturated heterocycles. The minimum absolute atomic E-state index is 0.0383. The lowest BCUT2D eigenvalue weighted by Crippen LogP contribution is -2.28. The van der Waals surface area contributed by atoms with Gasteiger partial charge in [0.2, 0.25) is 10.0 Å². The van der Waals surface area contributed by atoms with Crippen molar-refractivity contribution in [2.45, 2.75) is 24.3 Å². The molecule has 0 amide bonds. The van der Waals surface area contributed by atoms with Gasteiger partial charge in [0.15, 0.2) is 0 Å². The van der Waals surface area contributed by atoms with E-state index >= 15 is 0 Å². The minimum Gasteiger partial charge on any atom is -0.207 e. The lowest BCUT2D eigenvalue weighted by Gasteiger charge is -2.17. The average molecular weight is 328 g/mol. The van der Waals surface area contributed by atoms with Gasteiger partial charge in [-0.2, -0.15) is 0 Å². The number of hydrogen-bond donors (Lipinski definition) is 1. The van der Waals surface area contributed by atoms with Crippen LogP contribution in [0.2, 0.25) is 5.02 Å². The number of nitrogens with one attached hydrogen (secondary N) is 1. The first-order chi connectivity index (χ1) is 9.92. The number of rotatable bonds is 5. The van der Waals surface area contributed by atoms with E-state index in [9.17, 15) is 12.8 Å². The van der Waals surface area contributed by atoms with Crippen LogP contribution in [0.5, 0.6) is 0 Å². The van der Waals surface area contributed by atoms with E-state index in [1.807, 2.05) is 6.92 Å². The van der Waals surface area contributed by atoms with E-state index in [0.717, 1.165) is 17.7 Å². The standard InChI is InChI=1S/C15H15ClFNO2S/c1-2-15(11-3-5-12(16)6-4-11)18-21(19,20)14-9-7-13(17)8-10-14/h3-10,15,18H,2H2,1H3/t15-/m1/s1. The summed E-state index contributed by atoms with van der Waals surface area (Å²) in [5, 5.41) is 0.593. The highest BCUT2D eigenvalue weighted by molar-refractivity contribution is 7.89. The highest BCUT2D eigenvalue weighted by Gasteiger charge is 2.20. The van der Waals surface area contributed by atoms with Crippen LogP contribution >= 0.6 is 11.6 Å². The molecule has 2 rings (SSSR count). The van der Waals surface area contributed by atoms with Gasteiger partial charge in [0.1, 0.15) is 5.82 Å². The van der Waals surface area contributed by atoms with Gasteiger partial charge < -0.3 is 0 Å². The van der Waals surface area contributed by atoms with E-state index in [4.69, 9.17) is 11.6 Å².